The fourth-order valence-corrected chi connectivity index (χ4v) is 1.78. The lowest BCUT2D eigenvalue weighted by atomic mass is 10.1. The monoisotopic (exact) mass is 262 g/mol. The Balaban J connectivity index is 2.16. The Labute approximate surface area is 110 Å². The van der Waals surface area contributed by atoms with E-state index in [1.165, 1.54) is 18.2 Å². The summed E-state index contributed by atoms with van der Waals surface area (Å²) in [5, 5.41) is 6.29. The quantitative estimate of drug-likeness (QED) is 0.888. The maximum Gasteiger partial charge on any atom is 0.272 e. The molecule has 1 aromatic heterocycles. The van der Waals surface area contributed by atoms with Crippen molar-refractivity contribution < 1.29 is 9.18 Å². The summed E-state index contributed by atoms with van der Waals surface area (Å²) in [5.74, 6) is -0.251. The smallest absolute Gasteiger partial charge is 0.272 e. The minimum Gasteiger partial charge on any atom is -0.382 e. The number of hydrogen-bond acceptors (Lipinski definition) is 3. The summed E-state index contributed by atoms with van der Waals surface area (Å²) in [6, 6.07) is 7.36. The van der Waals surface area contributed by atoms with E-state index in [-0.39, 0.29) is 23.6 Å². The van der Waals surface area contributed by atoms with Gasteiger partial charge >= 0.3 is 0 Å². The van der Waals surface area contributed by atoms with E-state index in [1.54, 1.807) is 24.1 Å². The van der Waals surface area contributed by atoms with Gasteiger partial charge in [-0.25, -0.2) is 4.39 Å². The minimum atomic E-state index is -0.300. The van der Waals surface area contributed by atoms with E-state index in [0.29, 0.717) is 5.69 Å². The number of hydrogen-bond donors (Lipinski definition) is 2. The first kappa shape index (κ1) is 13.1. The second kappa shape index (κ2) is 5.09. The van der Waals surface area contributed by atoms with Crippen LogP contribution in [0, 0.1) is 5.82 Å². The first-order chi connectivity index (χ1) is 8.99. The SMILES string of the molecule is CC(c1ccc(F)cc1)N(C)C(=O)c1cc(N)n[nH]1. The molecule has 0 radical (unpaired) electrons. The van der Waals surface area contributed by atoms with E-state index in [9.17, 15) is 9.18 Å². The molecule has 2 rings (SSSR count). The topological polar surface area (TPSA) is 75.0 Å². The molecule has 0 aliphatic carbocycles. The molecule has 0 spiro atoms. The van der Waals surface area contributed by atoms with Crippen LogP contribution in [-0.4, -0.2) is 28.1 Å². The van der Waals surface area contributed by atoms with E-state index in [0.717, 1.165) is 5.56 Å². The number of anilines is 1. The van der Waals surface area contributed by atoms with Crippen molar-refractivity contribution in [1.82, 2.24) is 15.1 Å². The van der Waals surface area contributed by atoms with Crippen LogP contribution in [0.5, 0.6) is 0 Å². The minimum absolute atomic E-state index is 0.183. The standard InChI is InChI=1S/C13H15FN4O/c1-8(9-3-5-10(14)6-4-9)18(2)13(19)11-7-12(15)17-16-11/h3-8H,1-2H3,(H3,15,16,17). The van der Waals surface area contributed by atoms with Crippen molar-refractivity contribution in [2.75, 3.05) is 12.8 Å². The van der Waals surface area contributed by atoms with Gasteiger partial charge in [-0.15, -0.1) is 0 Å². The molecule has 1 amide bonds. The Morgan fingerprint density at radius 1 is 1.42 bits per heavy atom. The molecular weight excluding hydrogens is 247 g/mol. The fourth-order valence-electron chi connectivity index (χ4n) is 1.78. The molecule has 1 aromatic carbocycles. The van der Waals surface area contributed by atoms with Gasteiger partial charge in [0, 0.05) is 13.1 Å². The zero-order valence-corrected chi connectivity index (χ0v) is 10.7. The maximum absolute atomic E-state index is 12.9. The highest BCUT2D eigenvalue weighted by atomic mass is 19.1. The molecule has 0 saturated heterocycles. The highest BCUT2D eigenvalue weighted by Crippen LogP contribution is 2.20. The van der Waals surface area contributed by atoms with Crippen LogP contribution in [0.15, 0.2) is 30.3 Å². The van der Waals surface area contributed by atoms with Crippen LogP contribution < -0.4 is 5.73 Å². The third-order valence-corrected chi connectivity index (χ3v) is 3.08. The number of nitrogens with one attached hydrogen (secondary N) is 1. The molecular formula is C13H15FN4O. The maximum atomic E-state index is 12.9. The number of nitrogens with zero attached hydrogens (tertiary/aromatic N) is 2. The molecule has 0 aliphatic rings. The Kier molecular flexibility index (Phi) is 3.50. The van der Waals surface area contributed by atoms with Gasteiger partial charge < -0.3 is 10.6 Å². The van der Waals surface area contributed by atoms with Crippen molar-refractivity contribution in [1.29, 1.82) is 0 Å². The number of nitrogen functional groups attached to an aromatic ring is 1. The second-order valence-corrected chi connectivity index (χ2v) is 4.35. The van der Waals surface area contributed by atoms with Gasteiger partial charge in [0.1, 0.15) is 17.3 Å². The van der Waals surface area contributed by atoms with Crippen molar-refractivity contribution in [2.24, 2.45) is 0 Å². The first-order valence-corrected chi connectivity index (χ1v) is 5.82. The molecule has 100 valence electrons. The predicted molar refractivity (Wildman–Crippen MR) is 69.9 cm³/mol. The number of benzene rings is 1. The normalized spacial score (nSPS) is 12.2. The van der Waals surface area contributed by atoms with Crippen LogP contribution in [0.1, 0.15) is 29.0 Å². The summed E-state index contributed by atoms with van der Waals surface area (Å²) < 4.78 is 12.9. The molecule has 2 aromatic rings. The fraction of sp³-hybridized carbons (Fsp3) is 0.231. The van der Waals surface area contributed by atoms with Crippen LogP contribution in [0.4, 0.5) is 10.2 Å². The van der Waals surface area contributed by atoms with Crippen LogP contribution in [0.3, 0.4) is 0 Å². The number of H-pyrrole nitrogens is 1. The molecule has 19 heavy (non-hydrogen) atoms. The third kappa shape index (κ3) is 2.73. The van der Waals surface area contributed by atoms with Gasteiger partial charge in [0.2, 0.25) is 0 Å². The summed E-state index contributed by atoms with van der Waals surface area (Å²) in [6.45, 7) is 1.87. The van der Waals surface area contributed by atoms with Crippen LogP contribution in [0.2, 0.25) is 0 Å². The van der Waals surface area contributed by atoms with E-state index in [4.69, 9.17) is 5.73 Å². The number of halogens is 1. The van der Waals surface area contributed by atoms with Crippen molar-refractivity contribution >= 4 is 11.7 Å². The van der Waals surface area contributed by atoms with Gasteiger partial charge in [-0.05, 0) is 24.6 Å². The average molecular weight is 262 g/mol. The van der Waals surface area contributed by atoms with Gasteiger partial charge in [0.25, 0.3) is 5.91 Å². The van der Waals surface area contributed by atoms with Crippen molar-refractivity contribution in [2.45, 2.75) is 13.0 Å². The van der Waals surface area contributed by atoms with Gasteiger partial charge in [0.15, 0.2) is 0 Å². The van der Waals surface area contributed by atoms with Gasteiger partial charge in [-0.2, -0.15) is 5.10 Å². The molecule has 0 fully saturated rings. The highest BCUT2D eigenvalue weighted by molar-refractivity contribution is 5.93. The summed E-state index contributed by atoms with van der Waals surface area (Å²) >= 11 is 0. The number of carbonyl (C=O) groups excluding carboxylic acids is 1. The molecule has 0 saturated carbocycles. The lowest BCUT2D eigenvalue weighted by molar-refractivity contribution is 0.0736. The van der Waals surface area contributed by atoms with Crippen molar-refractivity contribution in [3.63, 3.8) is 0 Å². The van der Waals surface area contributed by atoms with Gasteiger partial charge in [0.05, 0.1) is 6.04 Å². The lowest BCUT2D eigenvalue weighted by Gasteiger charge is -2.24. The van der Waals surface area contributed by atoms with Crippen LogP contribution in [0.25, 0.3) is 0 Å². The zero-order chi connectivity index (χ0) is 14.0. The largest absolute Gasteiger partial charge is 0.382 e. The number of aromatic amines is 1. The summed E-state index contributed by atoms with van der Waals surface area (Å²) in [7, 11) is 1.67. The van der Waals surface area contributed by atoms with Crippen molar-refractivity contribution in [3.8, 4) is 0 Å². The predicted octanol–water partition coefficient (Wildman–Crippen LogP) is 1.96. The summed E-state index contributed by atoms with van der Waals surface area (Å²) in [6.07, 6.45) is 0. The molecule has 1 atom stereocenters. The number of rotatable bonds is 3. The molecule has 5 nitrogen and oxygen atoms in total. The average Bonchev–Trinajstić information content (AvgIpc) is 2.84. The summed E-state index contributed by atoms with van der Waals surface area (Å²) in [5.41, 5.74) is 6.64. The Morgan fingerprint density at radius 3 is 2.58 bits per heavy atom. The van der Waals surface area contributed by atoms with E-state index < -0.39 is 0 Å². The van der Waals surface area contributed by atoms with Crippen LogP contribution in [-0.2, 0) is 0 Å². The molecule has 0 bridgehead atoms. The van der Waals surface area contributed by atoms with Gasteiger partial charge in [-0.3, -0.25) is 9.89 Å². The number of nitrogens with two attached hydrogens (primary N) is 1. The molecule has 0 aliphatic heterocycles. The third-order valence-electron chi connectivity index (χ3n) is 3.08. The van der Waals surface area contributed by atoms with Crippen LogP contribution >= 0.6 is 0 Å². The number of aromatic nitrogens is 2. The first-order valence-electron chi connectivity index (χ1n) is 5.82. The molecule has 3 N–H and O–H groups in total. The molecule has 1 unspecified atom stereocenters. The summed E-state index contributed by atoms with van der Waals surface area (Å²) in [4.78, 5) is 13.7. The Morgan fingerprint density at radius 2 is 2.05 bits per heavy atom. The van der Waals surface area contributed by atoms with E-state index >= 15 is 0 Å². The van der Waals surface area contributed by atoms with E-state index in [2.05, 4.69) is 10.2 Å². The van der Waals surface area contributed by atoms with E-state index in [1.807, 2.05) is 6.92 Å². The molecule has 1 heterocycles. The zero-order valence-electron chi connectivity index (χ0n) is 10.7. The lowest BCUT2D eigenvalue weighted by Crippen LogP contribution is -2.29. The van der Waals surface area contributed by atoms with Crippen molar-refractivity contribution in [3.05, 3.63) is 47.4 Å². The molecule has 6 heteroatoms. The number of carbonyl (C=O) groups is 1. The Bertz CT molecular complexity index is 579. The second-order valence-electron chi connectivity index (χ2n) is 4.35. The number of amides is 1. The Hall–Kier alpha value is -2.37. The highest BCUT2D eigenvalue weighted by Gasteiger charge is 2.20. The van der Waals surface area contributed by atoms with Gasteiger partial charge in [-0.1, -0.05) is 12.1 Å².